The lowest BCUT2D eigenvalue weighted by Gasteiger charge is -2.32. The van der Waals surface area contributed by atoms with Crippen molar-refractivity contribution < 1.29 is 4.42 Å². The first-order valence-electron chi connectivity index (χ1n) is 8.69. The predicted molar refractivity (Wildman–Crippen MR) is 92.1 cm³/mol. The smallest absolute Gasteiger partial charge is 0.256 e. The van der Waals surface area contributed by atoms with Gasteiger partial charge in [0.05, 0.1) is 12.5 Å². The third kappa shape index (κ3) is 3.93. The first-order valence-corrected chi connectivity index (χ1v) is 8.69. The van der Waals surface area contributed by atoms with E-state index in [2.05, 4.69) is 14.9 Å². The molecule has 0 amide bonds. The van der Waals surface area contributed by atoms with Crippen molar-refractivity contribution in [2.24, 2.45) is 5.92 Å². The number of piperidine rings is 1. The van der Waals surface area contributed by atoms with E-state index in [-0.39, 0.29) is 5.56 Å². The van der Waals surface area contributed by atoms with Gasteiger partial charge in [0.25, 0.3) is 5.56 Å². The molecule has 2 aromatic heterocycles. The summed E-state index contributed by atoms with van der Waals surface area (Å²) in [5.41, 5.74) is 1.69. The van der Waals surface area contributed by atoms with Gasteiger partial charge in [-0.15, -0.1) is 0 Å². The van der Waals surface area contributed by atoms with Crippen molar-refractivity contribution in [1.82, 2.24) is 19.4 Å². The fourth-order valence-electron chi connectivity index (χ4n) is 3.27. The molecule has 0 spiro atoms. The van der Waals surface area contributed by atoms with Gasteiger partial charge in [-0.2, -0.15) is 0 Å². The minimum atomic E-state index is 0.102. The first kappa shape index (κ1) is 16.9. The van der Waals surface area contributed by atoms with Gasteiger partial charge in [0.15, 0.2) is 5.89 Å². The van der Waals surface area contributed by atoms with Crippen LogP contribution in [0.3, 0.4) is 0 Å². The second kappa shape index (κ2) is 7.30. The van der Waals surface area contributed by atoms with Crippen LogP contribution in [-0.2, 0) is 13.0 Å². The Morgan fingerprint density at radius 2 is 1.96 bits per heavy atom. The van der Waals surface area contributed by atoms with Crippen molar-refractivity contribution in [2.45, 2.75) is 46.6 Å². The van der Waals surface area contributed by atoms with Crippen molar-refractivity contribution in [3.63, 3.8) is 0 Å². The summed E-state index contributed by atoms with van der Waals surface area (Å²) in [6.45, 7) is 9.55. The van der Waals surface area contributed by atoms with E-state index in [0.717, 1.165) is 68.3 Å². The number of aromatic nitrogens is 3. The molecule has 1 aliphatic rings. The molecule has 6 nitrogen and oxygen atoms in total. The van der Waals surface area contributed by atoms with E-state index < -0.39 is 0 Å². The highest BCUT2D eigenvalue weighted by Crippen LogP contribution is 2.19. The van der Waals surface area contributed by atoms with Gasteiger partial charge < -0.3 is 9.32 Å². The highest BCUT2D eigenvalue weighted by molar-refractivity contribution is 5.12. The number of nitrogens with zero attached hydrogens (tertiary/aromatic N) is 4. The van der Waals surface area contributed by atoms with Crippen LogP contribution in [0.5, 0.6) is 0 Å². The first-order chi connectivity index (χ1) is 11.5. The maximum atomic E-state index is 12.3. The van der Waals surface area contributed by atoms with Crippen LogP contribution in [0.1, 0.15) is 35.7 Å². The van der Waals surface area contributed by atoms with Crippen LogP contribution in [0.15, 0.2) is 21.7 Å². The Morgan fingerprint density at radius 3 is 2.62 bits per heavy atom. The minimum absolute atomic E-state index is 0.102. The quantitative estimate of drug-likeness (QED) is 0.840. The minimum Gasteiger partial charge on any atom is -0.446 e. The van der Waals surface area contributed by atoms with E-state index in [0.29, 0.717) is 5.92 Å². The second-order valence-electron chi connectivity index (χ2n) is 6.79. The molecule has 0 bridgehead atoms. The van der Waals surface area contributed by atoms with Gasteiger partial charge in [0.2, 0.25) is 0 Å². The summed E-state index contributed by atoms with van der Waals surface area (Å²) in [5, 5.41) is 0. The molecule has 1 aliphatic heterocycles. The standard InChI is InChI=1S/C18H26N4O2/c1-13-14(2)20-12-22(18(13)23)11-16-4-7-21(8-5-16)9-6-17-10-19-15(3)24-17/h10,12,16H,4-9,11H2,1-3H3. The van der Waals surface area contributed by atoms with E-state index in [9.17, 15) is 4.79 Å². The summed E-state index contributed by atoms with van der Waals surface area (Å²) in [7, 11) is 0. The van der Waals surface area contributed by atoms with Crippen LogP contribution < -0.4 is 5.56 Å². The largest absolute Gasteiger partial charge is 0.446 e. The summed E-state index contributed by atoms with van der Waals surface area (Å²) >= 11 is 0. The summed E-state index contributed by atoms with van der Waals surface area (Å²) in [4.78, 5) is 23.2. The van der Waals surface area contributed by atoms with Crippen molar-refractivity contribution in [3.8, 4) is 0 Å². The van der Waals surface area contributed by atoms with E-state index in [1.54, 1.807) is 10.9 Å². The third-order valence-corrected chi connectivity index (χ3v) is 5.02. The Morgan fingerprint density at radius 1 is 1.21 bits per heavy atom. The van der Waals surface area contributed by atoms with Crippen molar-refractivity contribution in [1.29, 1.82) is 0 Å². The molecule has 0 N–H and O–H groups in total. The zero-order chi connectivity index (χ0) is 17.1. The molecule has 0 unspecified atom stereocenters. The van der Waals surface area contributed by atoms with E-state index >= 15 is 0 Å². The van der Waals surface area contributed by atoms with Gasteiger partial charge in [0.1, 0.15) is 5.76 Å². The number of oxazole rings is 1. The monoisotopic (exact) mass is 330 g/mol. The van der Waals surface area contributed by atoms with E-state index in [4.69, 9.17) is 4.42 Å². The van der Waals surface area contributed by atoms with Gasteiger partial charge in [-0.25, -0.2) is 9.97 Å². The predicted octanol–water partition coefficient (Wildman–Crippen LogP) is 2.11. The van der Waals surface area contributed by atoms with Crippen LogP contribution in [0.25, 0.3) is 0 Å². The van der Waals surface area contributed by atoms with E-state index in [1.165, 1.54) is 0 Å². The Labute approximate surface area is 142 Å². The lowest BCUT2D eigenvalue weighted by molar-refractivity contribution is 0.172. The Balaban J connectivity index is 1.48. The number of hydrogen-bond acceptors (Lipinski definition) is 5. The lowest BCUT2D eigenvalue weighted by Crippen LogP contribution is -2.37. The zero-order valence-corrected chi connectivity index (χ0v) is 14.8. The van der Waals surface area contributed by atoms with Gasteiger partial charge in [-0.3, -0.25) is 9.36 Å². The lowest BCUT2D eigenvalue weighted by atomic mass is 9.96. The molecular weight excluding hydrogens is 304 g/mol. The highest BCUT2D eigenvalue weighted by Gasteiger charge is 2.20. The van der Waals surface area contributed by atoms with Crippen molar-refractivity contribution >= 4 is 0 Å². The Bertz CT molecular complexity index is 742. The number of aryl methyl sites for hydroxylation is 2. The molecule has 24 heavy (non-hydrogen) atoms. The summed E-state index contributed by atoms with van der Waals surface area (Å²) < 4.78 is 7.30. The highest BCUT2D eigenvalue weighted by atomic mass is 16.4. The van der Waals surface area contributed by atoms with Crippen LogP contribution in [0, 0.1) is 26.7 Å². The molecule has 130 valence electrons. The summed E-state index contributed by atoms with van der Waals surface area (Å²) in [6.07, 6.45) is 6.67. The number of rotatable bonds is 5. The van der Waals surface area contributed by atoms with E-state index in [1.807, 2.05) is 27.0 Å². The Kier molecular flexibility index (Phi) is 5.14. The molecule has 0 radical (unpaired) electrons. The molecule has 0 atom stereocenters. The fourth-order valence-corrected chi connectivity index (χ4v) is 3.27. The average molecular weight is 330 g/mol. The molecule has 2 aromatic rings. The summed E-state index contributed by atoms with van der Waals surface area (Å²) in [5.74, 6) is 2.24. The molecular formula is C18H26N4O2. The molecule has 0 saturated carbocycles. The van der Waals surface area contributed by atoms with Crippen LogP contribution in [0.2, 0.25) is 0 Å². The molecule has 3 rings (SSSR count). The molecule has 6 heteroatoms. The average Bonchev–Trinajstić information content (AvgIpc) is 3.00. The maximum Gasteiger partial charge on any atom is 0.256 e. The van der Waals surface area contributed by atoms with Crippen LogP contribution >= 0.6 is 0 Å². The number of hydrogen-bond donors (Lipinski definition) is 0. The van der Waals surface area contributed by atoms with Gasteiger partial charge in [0, 0.05) is 37.7 Å². The molecule has 3 heterocycles. The normalized spacial score (nSPS) is 16.6. The van der Waals surface area contributed by atoms with Gasteiger partial charge >= 0.3 is 0 Å². The molecule has 1 saturated heterocycles. The number of likely N-dealkylation sites (tertiary alicyclic amines) is 1. The third-order valence-electron chi connectivity index (χ3n) is 5.02. The Hall–Kier alpha value is -1.95. The molecule has 0 aromatic carbocycles. The van der Waals surface area contributed by atoms with Crippen molar-refractivity contribution in [3.05, 3.63) is 45.8 Å². The fraction of sp³-hybridized carbons (Fsp3) is 0.611. The van der Waals surface area contributed by atoms with Crippen molar-refractivity contribution in [2.75, 3.05) is 19.6 Å². The second-order valence-corrected chi connectivity index (χ2v) is 6.79. The van der Waals surface area contributed by atoms with Gasteiger partial charge in [-0.05, 0) is 45.7 Å². The van der Waals surface area contributed by atoms with Crippen LogP contribution in [-0.4, -0.2) is 39.1 Å². The van der Waals surface area contributed by atoms with Gasteiger partial charge in [-0.1, -0.05) is 0 Å². The summed E-state index contributed by atoms with van der Waals surface area (Å²) in [6, 6.07) is 0. The molecule has 1 fully saturated rings. The SMILES string of the molecule is Cc1ncc(CCN2CCC(Cn3cnc(C)c(C)c3=O)CC2)o1. The topological polar surface area (TPSA) is 64.2 Å². The van der Waals surface area contributed by atoms with Crippen LogP contribution in [0.4, 0.5) is 0 Å². The zero-order valence-electron chi connectivity index (χ0n) is 14.8. The molecule has 0 aliphatic carbocycles. The maximum absolute atomic E-state index is 12.3.